The smallest absolute Gasteiger partial charge is 0.128 e. The van der Waals surface area contributed by atoms with Gasteiger partial charge in [0, 0.05) is 11.4 Å². The summed E-state index contributed by atoms with van der Waals surface area (Å²) in [7, 11) is 0. The summed E-state index contributed by atoms with van der Waals surface area (Å²) in [5.41, 5.74) is 0.572. The highest BCUT2D eigenvalue weighted by Crippen LogP contribution is 2.07. The van der Waals surface area contributed by atoms with E-state index in [1.807, 2.05) is 0 Å². The molecule has 1 rings (SSSR count). The molecule has 0 fully saturated rings. The highest BCUT2D eigenvalue weighted by molar-refractivity contribution is 6.17. The quantitative estimate of drug-likeness (QED) is 0.521. The normalized spacial score (nSPS) is 10.2. The summed E-state index contributed by atoms with van der Waals surface area (Å²) < 4.78 is 18.0. The van der Waals surface area contributed by atoms with Crippen molar-refractivity contribution in [3.05, 3.63) is 35.6 Å². The Bertz CT molecular complexity index is 240. The molecule has 0 aromatic heterocycles. The molecule has 0 unspecified atom stereocenters. The van der Waals surface area contributed by atoms with Crippen molar-refractivity contribution in [1.82, 2.24) is 0 Å². The fourth-order valence-electron chi connectivity index (χ4n) is 0.852. The zero-order chi connectivity index (χ0) is 8.81. The molecule has 0 aliphatic carbocycles. The fourth-order valence-corrected chi connectivity index (χ4v) is 0.961. The van der Waals surface area contributed by atoms with Crippen LogP contribution in [0.5, 0.6) is 0 Å². The van der Waals surface area contributed by atoms with E-state index in [0.29, 0.717) is 24.7 Å². The standard InChI is InChI=1S/C9H10ClFO/c10-5-6-12-7-8-3-1-2-4-9(8)11/h1-4H,5-7H2. The average molecular weight is 189 g/mol. The Morgan fingerprint density at radius 2 is 2.08 bits per heavy atom. The van der Waals surface area contributed by atoms with Crippen LogP contribution in [0, 0.1) is 5.82 Å². The second-order valence-corrected chi connectivity index (χ2v) is 2.71. The van der Waals surface area contributed by atoms with Gasteiger partial charge in [-0.1, -0.05) is 18.2 Å². The number of hydrogen-bond acceptors (Lipinski definition) is 1. The second kappa shape index (κ2) is 5.12. The number of hydrogen-bond donors (Lipinski definition) is 0. The van der Waals surface area contributed by atoms with Crippen LogP contribution >= 0.6 is 11.6 Å². The number of benzene rings is 1. The van der Waals surface area contributed by atoms with E-state index in [1.165, 1.54) is 6.07 Å². The van der Waals surface area contributed by atoms with Gasteiger partial charge in [0.25, 0.3) is 0 Å². The third-order valence-corrected chi connectivity index (χ3v) is 1.59. The van der Waals surface area contributed by atoms with Crippen molar-refractivity contribution in [2.45, 2.75) is 6.61 Å². The van der Waals surface area contributed by atoms with E-state index in [2.05, 4.69) is 0 Å². The van der Waals surface area contributed by atoms with Crippen molar-refractivity contribution in [2.75, 3.05) is 12.5 Å². The Morgan fingerprint density at radius 1 is 1.33 bits per heavy atom. The SMILES string of the molecule is Fc1ccccc1COCCCl. The summed E-state index contributed by atoms with van der Waals surface area (Å²) in [6.45, 7) is 0.745. The van der Waals surface area contributed by atoms with Gasteiger partial charge in [0.05, 0.1) is 13.2 Å². The van der Waals surface area contributed by atoms with Crippen molar-refractivity contribution in [2.24, 2.45) is 0 Å². The third-order valence-electron chi connectivity index (χ3n) is 1.44. The molecule has 12 heavy (non-hydrogen) atoms. The molecule has 0 saturated carbocycles. The Morgan fingerprint density at radius 3 is 2.75 bits per heavy atom. The second-order valence-electron chi connectivity index (χ2n) is 2.33. The molecule has 1 aromatic rings. The third kappa shape index (κ3) is 2.80. The average Bonchev–Trinajstić information content (AvgIpc) is 2.09. The van der Waals surface area contributed by atoms with Crippen LogP contribution in [-0.4, -0.2) is 12.5 Å². The van der Waals surface area contributed by atoms with E-state index in [4.69, 9.17) is 16.3 Å². The largest absolute Gasteiger partial charge is 0.375 e. The molecule has 1 nitrogen and oxygen atoms in total. The molecule has 0 amide bonds. The zero-order valence-corrected chi connectivity index (χ0v) is 7.35. The molecule has 0 bridgehead atoms. The van der Waals surface area contributed by atoms with E-state index in [0.717, 1.165) is 0 Å². The number of halogens is 2. The molecular formula is C9H10ClFO. The number of ether oxygens (including phenoxy) is 1. The Labute approximate surface area is 76.1 Å². The fraction of sp³-hybridized carbons (Fsp3) is 0.333. The van der Waals surface area contributed by atoms with Crippen LogP contribution in [0.4, 0.5) is 4.39 Å². The van der Waals surface area contributed by atoms with Gasteiger partial charge in [-0.2, -0.15) is 0 Å². The number of rotatable bonds is 4. The van der Waals surface area contributed by atoms with Gasteiger partial charge >= 0.3 is 0 Å². The molecule has 0 spiro atoms. The molecule has 0 saturated heterocycles. The van der Waals surface area contributed by atoms with E-state index in [-0.39, 0.29) is 5.82 Å². The van der Waals surface area contributed by atoms with Crippen molar-refractivity contribution < 1.29 is 9.13 Å². The maximum absolute atomic E-state index is 12.9. The van der Waals surface area contributed by atoms with Crippen LogP contribution in [0.1, 0.15) is 5.56 Å². The minimum absolute atomic E-state index is 0.230. The monoisotopic (exact) mass is 188 g/mol. The summed E-state index contributed by atoms with van der Waals surface area (Å²) in [6.07, 6.45) is 0. The lowest BCUT2D eigenvalue weighted by Gasteiger charge is -2.02. The first-order chi connectivity index (χ1) is 5.84. The van der Waals surface area contributed by atoms with Gasteiger partial charge in [-0.05, 0) is 6.07 Å². The lowest BCUT2D eigenvalue weighted by Crippen LogP contribution is -1.98. The minimum atomic E-state index is -0.230. The highest BCUT2D eigenvalue weighted by atomic mass is 35.5. The van der Waals surface area contributed by atoms with Gasteiger partial charge in [0.15, 0.2) is 0 Å². The summed E-state index contributed by atoms with van der Waals surface area (Å²) in [5, 5.41) is 0. The van der Waals surface area contributed by atoms with E-state index >= 15 is 0 Å². The molecule has 0 radical (unpaired) electrons. The maximum atomic E-state index is 12.9. The van der Waals surface area contributed by atoms with Gasteiger partial charge in [0.2, 0.25) is 0 Å². The van der Waals surface area contributed by atoms with Crippen LogP contribution in [0.3, 0.4) is 0 Å². The van der Waals surface area contributed by atoms with Crippen LogP contribution in [-0.2, 0) is 11.3 Å². The molecule has 3 heteroatoms. The minimum Gasteiger partial charge on any atom is -0.375 e. The highest BCUT2D eigenvalue weighted by Gasteiger charge is 1.98. The van der Waals surface area contributed by atoms with E-state index in [9.17, 15) is 4.39 Å². The first-order valence-corrected chi connectivity index (χ1v) is 4.25. The Kier molecular flexibility index (Phi) is 4.05. The molecule has 0 N–H and O–H groups in total. The lowest BCUT2D eigenvalue weighted by molar-refractivity contribution is 0.133. The summed E-state index contributed by atoms with van der Waals surface area (Å²) in [6, 6.07) is 6.55. The lowest BCUT2D eigenvalue weighted by atomic mass is 10.2. The van der Waals surface area contributed by atoms with Crippen molar-refractivity contribution >= 4 is 11.6 Å². The van der Waals surface area contributed by atoms with Crippen LogP contribution < -0.4 is 0 Å². The molecule has 0 atom stereocenters. The van der Waals surface area contributed by atoms with Crippen molar-refractivity contribution in [1.29, 1.82) is 0 Å². The van der Waals surface area contributed by atoms with Crippen LogP contribution in [0.2, 0.25) is 0 Å². The molecule has 1 aromatic carbocycles. The number of alkyl halides is 1. The molecule has 66 valence electrons. The zero-order valence-electron chi connectivity index (χ0n) is 6.59. The Hall–Kier alpha value is -0.600. The maximum Gasteiger partial charge on any atom is 0.128 e. The first kappa shape index (κ1) is 9.49. The topological polar surface area (TPSA) is 9.23 Å². The van der Waals surface area contributed by atoms with E-state index < -0.39 is 0 Å². The summed E-state index contributed by atoms with van der Waals surface area (Å²) >= 11 is 5.39. The van der Waals surface area contributed by atoms with Crippen LogP contribution in [0.15, 0.2) is 24.3 Å². The molecule has 0 aliphatic rings. The van der Waals surface area contributed by atoms with Gasteiger partial charge in [-0.3, -0.25) is 0 Å². The molecule has 0 heterocycles. The van der Waals surface area contributed by atoms with Crippen molar-refractivity contribution in [3.8, 4) is 0 Å². The van der Waals surface area contributed by atoms with Gasteiger partial charge in [0.1, 0.15) is 5.82 Å². The molecular weight excluding hydrogens is 179 g/mol. The van der Waals surface area contributed by atoms with Crippen LogP contribution in [0.25, 0.3) is 0 Å². The van der Waals surface area contributed by atoms with Gasteiger partial charge in [-0.15, -0.1) is 11.6 Å². The van der Waals surface area contributed by atoms with Gasteiger partial charge in [-0.25, -0.2) is 4.39 Å². The summed E-state index contributed by atoms with van der Waals surface area (Å²) in [5.74, 6) is 0.209. The Balaban J connectivity index is 2.46. The predicted octanol–water partition coefficient (Wildman–Crippen LogP) is 2.58. The molecule has 0 aliphatic heterocycles. The van der Waals surface area contributed by atoms with Gasteiger partial charge < -0.3 is 4.74 Å². The predicted molar refractivity (Wildman–Crippen MR) is 46.8 cm³/mol. The van der Waals surface area contributed by atoms with E-state index in [1.54, 1.807) is 18.2 Å². The van der Waals surface area contributed by atoms with Crippen molar-refractivity contribution in [3.63, 3.8) is 0 Å². The summed E-state index contributed by atoms with van der Waals surface area (Å²) in [4.78, 5) is 0. The first-order valence-electron chi connectivity index (χ1n) is 3.71.